The van der Waals surface area contributed by atoms with E-state index < -0.39 is 6.09 Å². The van der Waals surface area contributed by atoms with Crippen LogP contribution >= 0.6 is 0 Å². The normalized spacial score (nSPS) is 15.2. The van der Waals surface area contributed by atoms with Crippen molar-refractivity contribution in [2.24, 2.45) is 0 Å². The number of hydrogen-bond donors (Lipinski definition) is 2. The third kappa shape index (κ3) is 5.41. The molecule has 10 heteroatoms. The molecule has 0 bridgehead atoms. The van der Waals surface area contributed by atoms with Crippen LogP contribution < -0.4 is 10.1 Å². The second-order valence-corrected chi connectivity index (χ2v) is 10.2. The summed E-state index contributed by atoms with van der Waals surface area (Å²) in [4.78, 5) is 26.6. The van der Waals surface area contributed by atoms with Crippen LogP contribution in [0.5, 0.6) is 11.6 Å². The largest absolute Gasteiger partial charge is 0.465 e. The van der Waals surface area contributed by atoms with Gasteiger partial charge in [-0.1, -0.05) is 31.2 Å². The summed E-state index contributed by atoms with van der Waals surface area (Å²) < 4.78 is 8.47. The van der Waals surface area contributed by atoms with E-state index in [0.29, 0.717) is 30.6 Å². The first-order valence-electron chi connectivity index (χ1n) is 13.8. The highest BCUT2D eigenvalue weighted by Crippen LogP contribution is 2.38. The Balaban J connectivity index is 1.32. The van der Waals surface area contributed by atoms with Gasteiger partial charge in [0.25, 0.3) is 0 Å². The molecule has 6 rings (SSSR count). The molecule has 1 fully saturated rings. The number of aromatic nitrogens is 5. The van der Waals surface area contributed by atoms with Gasteiger partial charge >= 0.3 is 6.09 Å². The van der Waals surface area contributed by atoms with Gasteiger partial charge in [-0.25, -0.2) is 24.4 Å². The Kier molecular flexibility index (Phi) is 7.20. The highest BCUT2D eigenvalue weighted by atomic mass is 16.5. The Morgan fingerprint density at radius 1 is 1.10 bits per heavy atom. The second-order valence-electron chi connectivity index (χ2n) is 10.2. The van der Waals surface area contributed by atoms with Crippen molar-refractivity contribution in [3.8, 4) is 28.6 Å². The predicted molar refractivity (Wildman–Crippen MR) is 157 cm³/mol. The van der Waals surface area contributed by atoms with Crippen LogP contribution in [0.3, 0.4) is 0 Å². The third-order valence-electron chi connectivity index (χ3n) is 7.40. The van der Waals surface area contributed by atoms with Crippen molar-refractivity contribution in [1.29, 1.82) is 0 Å². The third-order valence-corrected chi connectivity index (χ3v) is 7.40. The smallest absolute Gasteiger partial charge is 0.407 e. The van der Waals surface area contributed by atoms with Gasteiger partial charge < -0.3 is 20.1 Å². The highest BCUT2D eigenvalue weighted by Gasteiger charge is 2.24. The second kappa shape index (κ2) is 11.2. The fraction of sp³-hybridized carbons (Fsp3) is 0.258. The summed E-state index contributed by atoms with van der Waals surface area (Å²) in [6.07, 6.45) is 8.98. The maximum Gasteiger partial charge on any atom is 0.407 e. The number of amides is 1. The maximum absolute atomic E-state index is 11.4. The Morgan fingerprint density at radius 3 is 2.83 bits per heavy atom. The lowest BCUT2D eigenvalue weighted by Gasteiger charge is -2.31. The minimum atomic E-state index is -0.908. The molecule has 5 aromatic rings. The fourth-order valence-electron chi connectivity index (χ4n) is 5.23. The number of piperidine rings is 1. The number of ether oxygens (including phenoxy) is 1. The van der Waals surface area contributed by atoms with Crippen molar-refractivity contribution >= 4 is 22.8 Å². The molecular formula is C31H31N7O3. The standard InChI is InChI=1S/C31H31N7O3/c1-3-21-17-34-38(18-21)27-10-4-8-24-23(27)12-11-20(2)28(24)41-29-25(9-5-14-32-29)26-13-15-33-30(36-26)35-22-7-6-16-37(19-22)31(39)40/h4-5,8-15,17-18,22H,3,6-7,16,19H2,1-2H3,(H,39,40)(H,33,35,36)/t22-/m0/s1. The van der Waals surface area contributed by atoms with Crippen molar-refractivity contribution in [3.63, 3.8) is 0 Å². The molecule has 2 aromatic carbocycles. The molecule has 3 aromatic heterocycles. The summed E-state index contributed by atoms with van der Waals surface area (Å²) >= 11 is 0. The minimum Gasteiger partial charge on any atom is -0.465 e. The minimum absolute atomic E-state index is 0.0598. The number of nitrogens with zero attached hydrogens (tertiary/aromatic N) is 6. The number of nitrogens with one attached hydrogen (secondary N) is 1. The number of benzene rings is 2. The molecule has 4 heterocycles. The molecule has 0 unspecified atom stereocenters. The van der Waals surface area contributed by atoms with Gasteiger partial charge in [-0.15, -0.1) is 0 Å². The van der Waals surface area contributed by atoms with Crippen LogP contribution in [0.15, 0.2) is 73.3 Å². The van der Waals surface area contributed by atoms with Crippen molar-refractivity contribution in [2.45, 2.75) is 39.2 Å². The zero-order chi connectivity index (χ0) is 28.3. The van der Waals surface area contributed by atoms with Gasteiger partial charge in [0.15, 0.2) is 0 Å². The van der Waals surface area contributed by atoms with Gasteiger partial charge in [0.05, 0.1) is 23.1 Å². The van der Waals surface area contributed by atoms with Crippen molar-refractivity contribution < 1.29 is 14.6 Å². The molecule has 0 saturated carbocycles. The van der Waals surface area contributed by atoms with E-state index >= 15 is 0 Å². The molecule has 0 aliphatic carbocycles. The molecule has 0 spiro atoms. The Hall–Kier alpha value is -4.99. The Bertz CT molecular complexity index is 1720. The quantitative estimate of drug-likeness (QED) is 0.250. The highest BCUT2D eigenvalue weighted by molar-refractivity contribution is 5.95. The first kappa shape index (κ1) is 26.2. The summed E-state index contributed by atoms with van der Waals surface area (Å²) in [5.41, 5.74) is 4.50. The molecule has 41 heavy (non-hydrogen) atoms. The molecule has 1 saturated heterocycles. The lowest BCUT2D eigenvalue weighted by Crippen LogP contribution is -2.44. The number of anilines is 1. The monoisotopic (exact) mass is 549 g/mol. The van der Waals surface area contributed by atoms with Crippen LogP contribution in [0.2, 0.25) is 0 Å². The zero-order valence-electron chi connectivity index (χ0n) is 23.0. The van der Waals surface area contributed by atoms with Crippen LogP contribution in [-0.2, 0) is 6.42 Å². The number of pyridine rings is 1. The number of carbonyl (C=O) groups is 1. The lowest BCUT2D eigenvalue weighted by atomic mass is 10.0. The number of likely N-dealkylation sites (tertiary alicyclic amines) is 1. The maximum atomic E-state index is 11.4. The van der Waals surface area contributed by atoms with Gasteiger partial charge in [0, 0.05) is 48.5 Å². The van der Waals surface area contributed by atoms with E-state index in [1.165, 1.54) is 10.5 Å². The number of hydrogen-bond acceptors (Lipinski definition) is 7. The van der Waals surface area contributed by atoms with Crippen molar-refractivity contribution in [1.82, 2.24) is 29.6 Å². The Morgan fingerprint density at radius 2 is 2.00 bits per heavy atom. The summed E-state index contributed by atoms with van der Waals surface area (Å²) in [6, 6.07) is 15.8. The van der Waals surface area contributed by atoms with Crippen LogP contribution in [-0.4, -0.2) is 60.0 Å². The predicted octanol–water partition coefficient (Wildman–Crippen LogP) is 6.09. The van der Waals surface area contributed by atoms with Crippen LogP contribution in [0.25, 0.3) is 27.7 Å². The first-order valence-corrected chi connectivity index (χ1v) is 13.8. The van der Waals surface area contributed by atoms with Gasteiger partial charge in [-0.2, -0.15) is 5.10 Å². The number of fused-ring (bicyclic) bond motifs is 1. The number of carboxylic acid groups (broad SMARTS) is 1. The molecule has 10 nitrogen and oxygen atoms in total. The lowest BCUT2D eigenvalue weighted by molar-refractivity contribution is 0.132. The molecule has 1 aliphatic heterocycles. The average Bonchev–Trinajstić information content (AvgIpc) is 3.48. The van der Waals surface area contributed by atoms with E-state index in [2.05, 4.69) is 45.6 Å². The summed E-state index contributed by atoms with van der Waals surface area (Å²) in [7, 11) is 0. The van der Waals surface area contributed by atoms with E-state index in [1.54, 1.807) is 12.4 Å². The zero-order valence-corrected chi connectivity index (χ0v) is 23.0. The van der Waals surface area contributed by atoms with Crippen LogP contribution in [0.4, 0.5) is 10.7 Å². The summed E-state index contributed by atoms with van der Waals surface area (Å²) in [6.45, 7) is 5.07. The molecule has 1 amide bonds. The molecule has 1 atom stereocenters. The molecular weight excluding hydrogens is 518 g/mol. The topological polar surface area (TPSA) is 118 Å². The summed E-state index contributed by atoms with van der Waals surface area (Å²) in [5, 5.41) is 19.2. The van der Waals surface area contributed by atoms with Crippen molar-refractivity contribution in [2.75, 3.05) is 18.4 Å². The van der Waals surface area contributed by atoms with E-state index in [4.69, 9.17) is 9.72 Å². The SMILES string of the molecule is CCc1cnn(-c2cccc3c(Oc4ncccc4-c4ccnc(N[C@H]5CCCN(C(=O)O)C5)n4)c(C)ccc23)c1. The van der Waals surface area contributed by atoms with E-state index in [-0.39, 0.29) is 6.04 Å². The average molecular weight is 550 g/mol. The van der Waals surface area contributed by atoms with E-state index in [9.17, 15) is 9.90 Å². The fourth-order valence-corrected chi connectivity index (χ4v) is 5.23. The van der Waals surface area contributed by atoms with Crippen LogP contribution in [0.1, 0.15) is 30.9 Å². The van der Waals surface area contributed by atoms with Crippen molar-refractivity contribution in [3.05, 3.63) is 84.4 Å². The van der Waals surface area contributed by atoms with Gasteiger partial charge in [0.2, 0.25) is 11.8 Å². The number of rotatable bonds is 7. The van der Waals surface area contributed by atoms with E-state index in [1.807, 2.05) is 54.2 Å². The van der Waals surface area contributed by atoms with Gasteiger partial charge in [0.1, 0.15) is 5.75 Å². The number of aryl methyl sites for hydroxylation is 2. The molecule has 0 radical (unpaired) electrons. The van der Waals surface area contributed by atoms with Crippen LogP contribution in [0, 0.1) is 6.92 Å². The molecule has 1 aliphatic rings. The summed E-state index contributed by atoms with van der Waals surface area (Å²) in [5.74, 6) is 1.59. The molecule has 208 valence electrons. The van der Waals surface area contributed by atoms with Gasteiger partial charge in [-0.05, 0) is 61.6 Å². The first-order chi connectivity index (χ1) is 20.0. The Labute approximate surface area is 237 Å². The van der Waals surface area contributed by atoms with E-state index in [0.717, 1.165) is 52.6 Å². The molecule has 2 N–H and O–H groups in total. The van der Waals surface area contributed by atoms with Gasteiger partial charge in [-0.3, -0.25) is 0 Å².